The maximum Gasteiger partial charge on any atom is 0.410 e. The van der Waals surface area contributed by atoms with E-state index in [0.717, 1.165) is 10.9 Å². The van der Waals surface area contributed by atoms with Crippen LogP contribution in [0.2, 0.25) is 5.15 Å². The van der Waals surface area contributed by atoms with E-state index in [9.17, 15) is 9.18 Å². The number of piperidine rings is 1. The minimum Gasteiger partial charge on any atom is -0.444 e. The van der Waals surface area contributed by atoms with Crippen molar-refractivity contribution in [3.8, 4) is 0 Å². The van der Waals surface area contributed by atoms with Crippen molar-refractivity contribution in [3.63, 3.8) is 0 Å². The number of carbonyl (C=O) groups is 1. The van der Waals surface area contributed by atoms with Gasteiger partial charge >= 0.3 is 6.09 Å². The molecule has 0 bridgehead atoms. The topological polar surface area (TPSA) is 58.2 Å². The lowest BCUT2D eigenvalue weighted by atomic mass is 10.1. The number of hydrogen-bond donors (Lipinski definition) is 1. The van der Waals surface area contributed by atoms with Crippen molar-refractivity contribution in [2.24, 2.45) is 11.8 Å². The van der Waals surface area contributed by atoms with Gasteiger partial charge in [-0.2, -0.15) is 0 Å². The molecule has 1 saturated carbocycles. The number of fused-ring (bicyclic) bond motifs is 2. The van der Waals surface area contributed by atoms with Crippen molar-refractivity contribution in [2.45, 2.75) is 32.3 Å². The van der Waals surface area contributed by atoms with Crippen molar-refractivity contribution in [2.75, 3.05) is 13.1 Å². The van der Waals surface area contributed by atoms with E-state index in [2.05, 4.69) is 9.97 Å². The molecule has 5 nitrogen and oxygen atoms in total. The summed E-state index contributed by atoms with van der Waals surface area (Å²) in [5.41, 5.74) is 0.980. The van der Waals surface area contributed by atoms with Crippen LogP contribution in [0.3, 0.4) is 0 Å². The summed E-state index contributed by atoms with van der Waals surface area (Å²) in [5, 5.41) is 0.656. The van der Waals surface area contributed by atoms with E-state index in [0.29, 0.717) is 36.4 Å². The molecule has 7 heteroatoms. The summed E-state index contributed by atoms with van der Waals surface area (Å²) in [5.74, 6) is 0.618. The monoisotopic (exact) mass is 351 g/mol. The predicted molar refractivity (Wildman–Crippen MR) is 88.6 cm³/mol. The van der Waals surface area contributed by atoms with Gasteiger partial charge in [0.25, 0.3) is 0 Å². The number of likely N-dealkylation sites (tertiary alicyclic amines) is 1. The molecule has 0 spiro atoms. The van der Waals surface area contributed by atoms with Gasteiger partial charge in [-0.15, -0.1) is 0 Å². The van der Waals surface area contributed by atoms with Gasteiger partial charge in [0.1, 0.15) is 5.60 Å². The Morgan fingerprint density at radius 3 is 2.71 bits per heavy atom. The second kappa shape index (κ2) is 5.09. The van der Waals surface area contributed by atoms with Crippen molar-refractivity contribution in [1.29, 1.82) is 0 Å². The summed E-state index contributed by atoms with van der Waals surface area (Å²) in [6.07, 6.45) is 3.20. The number of carbonyl (C=O) groups excluding carboxylic acids is 1. The molecule has 1 N–H and O–H groups in total. The first-order valence-corrected chi connectivity index (χ1v) is 8.43. The fourth-order valence-electron chi connectivity index (χ4n) is 3.79. The van der Waals surface area contributed by atoms with E-state index < -0.39 is 11.4 Å². The van der Waals surface area contributed by atoms with Gasteiger partial charge in [0.2, 0.25) is 0 Å². The second-order valence-electron chi connectivity index (χ2n) is 7.63. The third-order valence-electron chi connectivity index (χ3n) is 4.86. The molecular formula is C17H19ClFN3O2. The van der Waals surface area contributed by atoms with Crippen LogP contribution in [0.25, 0.3) is 10.9 Å². The van der Waals surface area contributed by atoms with Crippen LogP contribution in [0.5, 0.6) is 0 Å². The van der Waals surface area contributed by atoms with Crippen LogP contribution >= 0.6 is 11.6 Å². The lowest BCUT2D eigenvalue weighted by molar-refractivity contribution is 0.0271. The first-order chi connectivity index (χ1) is 11.3. The van der Waals surface area contributed by atoms with Crippen LogP contribution in [0.15, 0.2) is 12.4 Å². The summed E-state index contributed by atoms with van der Waals surface area (Å²) in [4.78, 5) is 20.8. The van der Waals surface area contributed by atoms with Crippen LogP contribution in [0.1, 0.15) is 32.3 Å². The van der Waals surface area contributed by atoms with E-state index in [1.54, 1.807) is 11.1 Å². The highest BCUT2D eigenvalue weighted by Gasteiger charge is 2.58. The van der Waals surface area contributed by atoms with Crippen molar-refractivity contribution < 1.29 is 13.9 Å². The Morgan fingerprint density at radius 1 is 1.42 bits per heavy atom. The minimum atomic E-state index is -0.512. The number of ether oxygens (including phenoxy) is 1. The molecule has 0 radical (unpaired) electrons. The van der Waals surface area contributed by atoms with E-state index >= 15 is 0 Å². The lowest BCUT2D eigenvalue weighted by Gasteiger charge is -2.25. The SMILES string of the molecule is CC(C)(C)OC(=O)N1C[C@@H]2C(c3c[nH]c4c(F)c(Cl)ncc34)[C@@H]2C1. The first-order valence-electron chi connectivity index (χ1n) is 8.05. The van der Waals surface area contributed by atoms with Gasteiger partial charge in [-0.3, -0.25) is 0 Å². The molecule has 2 aromatic heterocycles. The summed E-state index contributed by atoms with van der Waals surface area (Å²) in [7, 11) is 0. The van der Waals surface area contributed by atoms with E-state index in [4.69, 9.17) is 16.3 Å². The molecule has 1 amide bonds. The summed E-state index contributed by atoms with van der Waals surface area (Å²) >= 11 is 5.73. The van der Waals surface area contributed by atoms with Crippen LogP contribution in [0, 0.1) is 17.7 Å². The lowest BCUT2D eigenvalue weighted by Crippen LogP contribution is -2.36. The quantitative estimate of drug-likeness (QED) is 0.792. The smallest absolute Gasteiger partial charge is 0.410 e. The number of pyridine rings is 1. The van der Waals surface area contributed by atoms with Gasteiger partial charge in [-0.1, -0.05) is 11.6 Å². The fraction of sp³-hybridized carbons (Fsp3) is 0.529. The Balaban J connectivity index is 1.50. The van der Waals surface area contributed by atoms with Gasteiger partial charge in [0.05, 0.1) is 5.52 Å². The molecule has 2 aliphatic rings. The zero-order chi connectivity index (χ0) is 17.2. The average molecular weight is 352 g/mol. The fourth-order valence-corrected chi connectivity index (χ4v) is 3.93. The average Bonchev–Trinajstić information content (AvgIpc) is 2.89. The Bertz CT molecular complexity index is 817. The third-order valence-corrected chi connectivity index (χ3v) is 5.13. The number of aromatic amines is 1. The number of rotatable bonds is 1. The zero-order valence-electron chi connectivity index (χ0n) is 13.8. The minimum absolute atomic E-state index is 0.122. The van der Waals surface area contributed by atoms with E-state index in [-0.39, 0.29) is 11.2 Å². The highest BCUT2D eigenvalue weighted by Crippen LogP contribution is 2.59. The van der Waals surface area contributed by atoms with Crippen LogP contribution in [-0.4, -0.2) is 39.7 Å². The molecule has 0 aromatic carbocycles. The molecule has 24 heavy (non-hydrogen) atoms. The molecular weight excluding hydrogens is 333 g/mol. The van der Waals surface area contributed by atoms with Crippen molar-refractivity contribution >= 4 is 28.6 Å². The summed E-state index contributed by atoms with van der Waals surface area (Å²) in [6, 6.07) is 0. The van der Waals surface area contributed by atoms with Gasteiger partial charge in [0.15, 0.2) is 11.0 Å². The third kappa shape index (κ3) is 2.44. The maximum absolute atomic E-state index is 14.0. The second-order valence-corrected chi connectivity index (χ2v) is 7.99. The number of nitrogens with one attached hydrogen (secondary N) is 1. The highest BCUT2D eigenvalue weighted by molar-refractivity contribution is 6.30. The molecule has 1 saturated heterocycles. The molecule has 4 rings (SSSR count). The standard InChI is InChI=1S/C17H19ClFN3O2/c1-17(2,3)24-16(23)22-6-10-11(7-22)12(10)8-4-20-14-9(8)5-21-15(18)13(14)19/h4-5,10-12,20H,6-7H2,1-3H3/t10-,11+,12?. The van der Waals surface area contributed by atoms with Crippen LogP contribution < -0.4 is 0 Å². The van der Waals surface area contributed by atoms with Crippen molar-refractivity contribution in [1.82, 2.24) is 14.9 Å². The Kier molecular flexibility index (Phi) is 3.33. The number of H-pyrrole nitrogens is 1. The first kappa shape index (κ1) is 15.7. The molecule has 1 aliphatic heterocycles. The van der Waals surface area contributed by atoms with E-state index in [1.165, 1.54) is 0 Å². The summed E-state index contributed by atoms with van der Waals surface area (Å²) in [6.45, 7) is 6.95. The molecule has 3 heterocycles. The molecule has 2 fully saturated rings. The number of aromatic nitrogens is 2. The molecule has 2 aromatic rings. The van der Waals surface area contributed by atoms with Crippen LogP contribution in [-0.2, 0) is 4.74 Å². The summed E-state index contributed by atoms with van der Waals surface area (Å²) < 4.78 is 19.4. The van der Waals surface area contributed by atoms with Gasteiger partial charge in [-0.25, -0.2) is 14.2 Å². The Hall–Kier alpha value is -1.82. The van der Waals surface area contributed by atoms with Gasteiger partial charge < -0.3 is 14.6 Å². The van der Waals surface area contributed by atoms with Gasteiger partial charge in [-0.05, 0) is 44.1 Å². The highest BCUT2D eigenvalue weighted by atomic mass is 35.5. The maximum atomic E-state index is 14.0. The molecule has 3 atom stereocenters. The Labute approximate surface area is 144 Å². The number of amides is 1. The number of hydrogen-bond acceptors (Lipinski definition) is 3. The predicted octanol–water partition coefficient (Wildman–Crippen LogP) is 3.94. The zero-order valence-corrected chi connectivity index (χ0v) is 14.5. The van der Waals surface area contributed by atoms with E-state index in [1.807, 2.05) is 27.0 Å². The van der Waals surface area contributed by atoms with Crippen molar-refractivity contribution in [3.05, 3.63) is 28.9 Å². The number of halogens is 2. The Morgan fingerprint density at radius 2 is 2.08 bits per heavy atom. The van der Waals surface area contributed by atoms with Crippen LogP contribution in [0.4, 0.5) is 9.18 Å². The molecule has 1 unspecified atom stereocenters. The molecule has 1 aliphatic carbocycles. The normalized spacial score (nSPS) is 25.9. The molecule has 128 valence electrons. The van der Waals surface area contributed by atoms with Gasteiger partial charge in [0, 0.05) is 30.9 Å². The number of nitrogens with zero attached hydrogens (tertiary/aromatic N) is 2. The largest absolute Gasteiger partial charge is 0.444 e.